The van der Waals surface area contributed by atoms with E-state index in [4.69, 9.17) is 22.4 Å². The first-order valence-electron chi connectivity index (χ1n) is 5.81. The molecule has 0 saturated heterocycles. The predicted octanol–water partition coefficient (Wildman–Crippen LogP) is 2.58. The van der Waals surface area contributed by atoms with Gasteiger partial charge in [0.25, 0.3) is 5.91 Å². The molecule has 0 saturated carbocycles. The molecule has 2 aromatic carbocycles. The van der Waals surface area contributed by atoms with E-state index in [1.54, 1.807) is 0 Å². The maximum atomic E-state index is 12.1. The van der Waals surface area contributed by atoms with E-state index in [9.17, 15) is 14.7 Å². The average Bonchev–Trinajstić information content (AvgIpc) is 2.41. The summed E-state index contributed by atoms with van der Waals surface area (Å²) in [4.78, 5) is 23.2. The third kappa shape index (κ3) is 3.24. The van der Waals surface area contributed by atoms with Crippen LogP contribution in [0.15, 0.2) is 36.4 Å². The lowest BCUT2D eigenvalue weighted by molar-refractivity contribution is 0.0698. The summed E-state index contributed by atoms with van der Waals surface area (Å²) >= 11 is 5.88. The van der Waals surface area contributed by atoms with Crippen molar-refractivity contribution < 1.29 is 19.8 Å². The van der Waals surface area contributed by atoms with E-state index in [1.165, 1.54) is 36.4 Å². The molecule has 0 radical (unpaired) electrons. The molecule has 1 amide bonds. The Bertz CT molecular complexity index is 731. The molecular weight excluding hydrogens is 296 g/mol. The van der Waals surface area contributed by atoms with Crippen molar-refractivity contribution in [2.45, 2.75) is 0 Å². The molecule has 0 atom stereocenters. The van der Waals surface area contributed by atoms with Gasteiger partial charge in [0.05, 0.1) is 21.8 Å². The van der Waals surface area contributed by atoms with Crippen LogP contribution >= 0.6 is 11.6 Å². The van der Waals surface area contributed by atoms with Crippen LogP contribution in [0, 0.1) is 0 Å². The number of nitrogen functional groups attached to an aromatic ring is 1. The number of phenolic OH excluding ortho intramolecular Hbond substituents is 1. The quantitative estimate of drug-likeness (QED) is 0.651. The second kappa shape index (κ2) is 5.72. The molecule has 2 aromatic rings. The lowest BCUT2D eigenvalue weighted by Gasteiger charge is -2.10. The molecule has 0 fully saturated rings. The van der Waals surface area contributed by atoms with Gasteiger partial charge in [0.2, 0.25) is 0 Å². The van der Waals surface area contributed by atoms with Gasteiger partial charge in [-0.3, -0.25) is 4.79 Å². The van der Waals surface area contributed by atoms with Gasteiger partial charge in [-0.05, 0) is 36.4 Å². The number of aromatic carboxylic acids is 1. The fraction of sp³-hybridized carbons (Fsp3) is 0. The van der Waals surface area contributed by atoms with Gasteiger partial charge in [-0.15, -0.1) is 0 Å². The van der Waals surface area contributed by atoms with Crippen LogP contribution in [-0.2, 0) is 0 Å². The van der Waals surface area contributed by atoms with Crippen LogP contribution in [0.25, 0.3) is 0 Å². The zero-order chi connectivity index (χ0) is 15.6. The fourth-order valence-corrected chi connectivity index (χ4v) is 1.93. The molecule has 0 unspecified atom stereocenters. The summed E-state index contributed by atoms with van der Waals surface area (Å²) in [5.74, 6) is -1.98. The highest BCUT2D eigenvalue weighted by Gasteiger charge is 2.16. The van der Waals surface area contributed by atoms with Crippen LogP contribution in [0.1, 0.15) is 20.7 Å². The smallest absolute Gasteiger partial charge is 0.337 e. The number of rotatable bonds is 3. The second-order valence-electron chi connectivity index (χ2n) is 4.23. The Kier molecular flexibility index (Phi) is 4.00. The lowest BCUT2D eigenvalue weighted by Crippen LogP contribution is -2.15. The van der Waals surface area contributed by atoms with E-state index in [2.05, 4.69) is 5.32 Å². The van der Waals surface area contributed by atoms with Crippen LogP contribution in [0.5, 0.6) is 5.75 Å². The van der Waals surface area contributed by atoms with Crippen LogP contribution < -0.4 is 11.1 Å². The summed E-state index contributed by atoms with van der Waals surface area (Å²) < 4.78 is 0. The van der Waals surface area contributed by atoms with Gasteiger partial charge in [0.1, 0.15) is 5.75 Å². The molecule has 0 heterocycles. The molecule has 5 N–H and O–H groups in total. The van der Waals surface area contributed by atoms with Crippen LogP contribution in [-0.4, -0.2) is 22.1 Å². The molecule has 0 spiro atoms. The van der Waals surface area contributed by atoms with Crippen molar-refractivity contribution in [2.24, 2.45) is 0 Å². The van der Waals surface area contributed by atoms with Crippen molar-refractivity contribution in [1.29, 1.82) is 0 Å². The molecule has 108 valence electrons. The number of nitrogens with two attached hydrogens (primary N) is 1. The number of anilines is 2. The number of phenols is 1. The highest BCUT2D eigenvalue weighted by atomic mass is 35.5. The van der Waals surface area contributed by atoms with E-state index < -0.39 is 11.9 Å². The largest absolute Gasteiger partial charge is 0.508 e. The predicted molar refractivity (Wildman–Crippen MR) is 78.9 cm³/mol. The van der Waals surface area contributed by atoms with E-state index in [1.807, 2.05) is 0 Å². The Balaban J connectivity index is 2.38. The van der Waals surface area contributed by atoms with Gasteiger partial charge in [-0.2, -0.15) is 0 Å². The van der Waals surface area contributed by atoms with E-state index >= 15 is 0 Å². The summed E-state index contributed by atoms with van der Waals surface area (Å²) in [6.07, 6.45) is 0. The van der Waals surface area contributed by atoms with Crippen molar-refractivity contribution in [3.8, 4) is 5.75 Å². The number of carboxylic acids is 1. The minimum atomic E-state index is -1.20. The van der Waals surface area contributed by atoms with Crippen molar-refractivity contribution in [3.05, 3.63) is 52.5 Å². The first-order chi connectivity index (χ1) is 9.88. The Hall–Kier alpha value is -2.73. The topological polar surface area (TPSA) is 113 Å². The Labute approximate surface area is 124 Å². The summed E-state index contributed by atoms with van der Waals surface area (Å²) in [6.45, 7) is 0. The standard InChI is InChI=1S/C14H11ClN2O4/c15-11-4-2-8(18)6-10(11)13(19)17-12-5-7(16)1-3-9(12)14(20)21/h1-6,18H,16H2,(H,17,19)(H,20,21). The van der Waals surface area contributed by atoms with Gasteiger partial charge in [-0.25, -0.2) is 4.79 Å². The number of carbonyl (C=O) groups excluding carboxylic acids is 1. The normalized spacial score (nSPS) is 10.1. The highest BCUT2D eigenvalue weighted by molar-refractivity contribution is 6.34. The zero-order valence-electron chi connectivity index (χ0n) is 10.6. The third-order valence-corrected chi connectivity index (χ3v) is 3.05. The van der Waals surface area contributed by atoms with Crippen molar-refractivity contribution in [3.63, 3.8) is 0 Å². The molecule has 6 nitrogen and oxygen atoms in total. The molecule has 0 aliphatic heterocycles. The SMILES string of the molecule is Nc1ccc(C(=O)O)c(NC(=O)c2cc(O)ccc2Cl)c1. The van der Waals surface area contributed by atoms with Crippen LogP contribution in [0.3, 0.4) is 0 Å². The van der Waals surface area contributed by atoms with Crippen LogP contribution in [0.2, 0.25) is 5.02 Å². The second-order valence-corrected chi connectivity index (χ2v) is 4.64. The average molecular weight is 307 g/mol. The van der Waals surface area contributed by atoms with Crippen molar-refractivity contribution >= 4 is 34.9 Å². The minimum absolute atomic E-state index is 0.0235. The number of nitrogens with one attached hydrogen (secondary N) is 1. The summed E-state index contributed by atoms with van der Waals surface area (Å²) in [7, 11) is 0. The molecule has 0 aliphatic rings. The maximum Gasteiger partial charge on any atom is 0.337 e. The zero-order valence-corrected chi connectivity index (χ0v) is 11.4. The molecule has 0 aliphatic carbocycles. The van der Waals surface area contributed by atoms with Gasteiger partial charge < -0.3 is 21.3 Å². The highest BCUT2D eigenvalue weighted by Crippen LogP contribution is 2.24. The fourth-order valence-electron chi connectivity index (χ4n) is 1.73. The number of carbonyl (C=O) groups is 2. The van der Waals surface area contributed by atoms with Gasteiger partial charge >= 0.3 is 5.97 Å². The van der Waals surface area contributed by atoms with Gasteiger partial charge in [0, 0.05) is 5.69 Å². The number of amides is 1. The maximum absolute atomic E-state index is 12.1. The number of halogens is 1. The van der Waals surface area contributed by atoms with Crippen molar-refractivity contribution in [2.75, 3.05) is 11.1 Å². The number of carboxylic acid groups (broad SMARTS) is 1. The molecular formula is C14H11ClN2O4. The monoisotopic (exact) mass is 306 g/mol. The van der Waals surface area contributed by atoms with Crippen molar-refractivity contribution in [1.82, 2.24) is 0 Å². The third-order valence-electron chi connectivity index (χ3n) is 2.72. The summed E-state index contributed by atoms with van der Waals surface area (Å²) in [5.41, 5.74) is 5.86. The molecule has 21 heavy (non-hydrogen) atoms. The Morgan fingerprint density at radius 3 is 2.48 bits per heavy atom. The van der Waals surface area contributed by atoms with Gasteiger partial charge in [-0.1, -0.05) is 11.6 Å². The number of aromatic hydroxyl groups is 1. The molecule has 0 bridgehead atoms. The first-order valence-corrected chi connectivity index (χ1v) is 6.19. The Morgan fingerprint density at radius 2 is 1.81 bits per heavy atom. The van der Waals surface area contributed by atoms with Crippen LogP contribution in [0.4, 0.5) is 11.4 Å². The van der Waals surface area contributed by atoms with E-state index in [-0.39, 0.29) is 27.6 Å². The Morgan fingerprint density at radius 1 is 1.10 bits per heavy atom. The van der Waals surface area contributed by atoms with E-state index in [0.717, 1.165) is 0 Å². The van der Waals surface area contributed by atoms with E-state index in [0.29, 0.717) is 5.69 Å². The number of benzene rings is 2. The summed E-state index contributed by atoms with van der Waals surface area (Å²) in [5, 5.41) is 21.0. The molecule has 2 rings (SSSR count). The van der Waals surface area contributed by atoms with Gasteiger partial charge in [0.15, 0.2) is 0 Å². The minimum Gasteiger partial charge on any atom is -0.508 e. The first kappa shape index (κ1) is 14.7. The number of hydrogen-bond donors (Lipinski definition) is 4. The lowest BCUT2D eigenvalue weighted by atomic mass is 10.1. The summed E-state index contributed by atoms with van der Waals surface area (Å²) in [6, 6.07) is 7.92. The molecule has 7 heteroatoms. The number of hydrogen-bond acceptors (Lipinski definition) is 4. The molecule has 0 aromatic heterocycles.